The van der Waals surface area contributed by atoms with Crippen LogP contribution in [-0.4, -0.2) is 59.2 Å². The molecule has 0 spiro atoms. The van der Waals surface area contributed by atoms with Crippen molar-refractivity contribution >= 4 is 23.5 Å². The zero-order valence-corrected chi connectivity index (χ0v) is 15.2. The monoisotopic (exact) mass is 402 g/mol. The third kappa shape index (κ3) is 4.92. The van der Waals surface area contributed by atoms with Crippen molar-refractivity contribution in [3.63, 3.8) is 0 Å². The van der Waals surface area contributed by atoms with Gasteiger partial charge in [-0.3, -0.25) is 0 Å². The molecule has 1 saturated heterocycles. The van der Waals surface area contributed by atoms with Crippen LogP contribution >= 0.6 is 11.8 Å². The van der Waals surface area contributed by atoms with E-state index >= 15 is 0 Å². The Balaban J connectivity index is 1.80. The molecule has 0 amide bonds. The fourth-order valence-corrected chi connectivity index (χ4v) is 3.27. The normalized spacial score (nSPS) is 15.9. The van der Waals surface area contributed by atoms with Gasteiger partial charge in [-0.25, -0.2) is 14.8 Å². The Morgan fingerprint density at radius 2 is 1.96 bits per heavy atom. The second-order valence-corrected chi connectivity index (χ2v) is 6.98. The number of carbonyl (C=O) groups is 1. The summed E-state index contributed by atoms with van der Waals surface area (Å²) in [4.78, 5) is 22.6. The van der Waals surface area contributed by atoms with E-state index in [0.29, 0.717) is 18.8 Å². The van der Waals surface area contributed by atoms with Crippen LogP contribution in [0.1, 0.15) is 22.0 Å². The molecule has 3 rings (SSSR count). The van der Waals surface area contributed by atoms with Crippen molar-refractivity contribution in [3.8, 4) is 0 Å². The van der Waals surface area contributed by atoms with Gasteiger partial charge in [-0.15, -0.1) is 0 Å². The number of likely N-dealkylation sites (N-methyl/N-ethyl adjacent to an activating group) is 1. The molecule has 0 aromatic carbocycles. The minimum Gasteiger partial charge on any atom is -0.475 e. The van der Waals surface area contributed by atoms with Crippen molar-refractivity contribution in [2.45, 2.75) is 17.1 Å². The summed E-state index contributed by atoms with van der Waals surface area (Å²) in [5, 5.41) is 8.81. The number of anilines is 1. The van der Waals surface area contributed by atoms with E-state index < -0.39 is 17.8 Å². The number of hydrogen-bond donors (Lipinski definition) is 1. The lowest BCUT2D eigenvalue weighted by Crippen LogP contribution is -2.45. The first-order valence-corrected chi connectivity index (χ1v) is 9.05. The van der Waals surface area contributed by atoms with E-state index in [1.54, 1.807) is 4.90 Å². The number of hydrogen-bond acceptors (Lipinski definition) is 7. The number of furan rings is 1. The van der Waals surface area contributed by atoms with E-state index in [9.17, 15) is 18.0 Å². The standard InChI is InChI=1S/C16H17F3N4O3S/c1-22-4-6-23(7-5-22)13-8-12(16(17,18)19)20-15(21-13)27-9-10-2-3-11(26-10)14(24)25/h2-3,8H,4-7,9H2,1H3,(H,24,25). The molecule has 1 aliphatic rings. The van der Waals surface area contributed by atoms with Crippen LogP contribution in [0.25, 0.3) is 0 Å². The van der Waals surface area contributed by atoms with Crippen LogP contribution in [0, 0.1) is 0 Å². The van der Waals surface area contributed by atoms with Crippen LogP contribution in [0.15, 0.2) is 27.8 Å². The Hall–Kier alpha value is -2.27. The second kappa shape index (κ2) is 7.77. The predicted octanol–water partition coefficient (Wildman–Crippen LogP) is 2.83. The summed E-state index contributed by atoms with van der Waals surface area (Å²) in [6.45, 7) is 2.63. The van der Waals surface area contributed by atoms with E-state index in [1.165, 1.54) is 12.1 Å². The topological polar surface area (TPSA) is 82.7 Å². The summed E-state index contributed by atoms with van der Waals surface area (Å²) in [6.07, 6.45) is -4.58. The fraction of sp³-hybridized carbons (Fsp3) is 0.438. The van der Waals surface area contributed by atoms with Crippen molar-refractivity contribution in [3.05, 3.63) is 35.4 Å². The smallest absolute Gasteiger partial charge is 0.433 e. The number of alkyl halides is 3. The lowest BCUT2D eigenvalue weighted by atomic mass is 10.3. The van der Waals surface area contributed by atoms with Crippen LogP contribution < -0.4 is 4.90 Å². The highest BCUT2D eigenvalue weighted by atomic mass is 32.2. The quantitative estimate of drug-likeness (QED) is 0.604. The highest BCUT2D eigenvalue weighted by Gasteiger charge is 2.34. The van der Waals surface area contributed by atoms with Gasteiger partial charge >= 0.3 is 12.1 Å². The number of aromatic carboxylic acids is 1. The molecule has 0 saturated carbocycles. The summed E-state index contributed by atoms with van der Waals surface area (Å²) >= 11 is 0.962. The van der Waals surface area contributed by atoms with E-state index in [-0.39, 0.29) is 22.5 Å². The maximum absolute atomic E-state index is 13.2. The molecule has 1 N–H and O–H groups in total. The van der Waals surface area contributed by atoms with E-state index in [0.717, 1.165) is 30.9 Å². The fourth-order valence-electron chi connectivity index (χ4n) is 2.53. The summed E-state index contributed by atoms with van der Waals surface area (Å²) in [5.74, 6) is -0.762. The highest BCUT2D eigenvalue weighted by Crippen LogP contribution is 2.32. The first kappa shape index (κ1) is 19.5. The molecule has 7 nitrogen and oxygen atoms in total. The Kier molecular flexibility index (Phi) is 5.61. The van der Waals surface area contributed by atoms with Gasteiger partial charge in [0.2, 0.25) is 5.76 Å². The summed E-state index contributed by atoms with van der Waals surface area (Å²) < 4.78 is 44.8. The third-order valence-electron chi connectivity index (χ3n) is 4.03. The van der Waals surface area contributed by atoms with E-state index in [1.807, 2.05) is 7.05 Å². The summed E-state index contributed by atoms with van der Waals surface area (Å²) in [7, 11) is 1.95. The van der Waals surface area contributed by atoms with Gasteiger partial charge in [-0.2, -0.15) is 13.2 Å². The van der Waals surface area contributed by atoms with Crippen LogP contribution in [0.5, 0.6) is 0 Å². The van der Waals surface area contributed by atoms with Crippen molar-refractivity contribution in [1.29, 1.82) is 0 Å². The SMILES string of the molecule is CN1CCN(c2cc(C(F)(F)F)nc(SCc3ccc(C(=O)O)o3)n2)CC1. The average Bonchev–Trinajstić information content (AvgIpc) is 3.09. The summed E-state index contributed by atoms with van der Waals surface area (Å²) in [6, 6.07) is 3.72. The van der Waals surface area contributed by atoms with Crippen molar-refractivity contribution in [2.24, 2.45) is 0 Å². The number of thioether (sulfide) groups is 1. The second-order valence-electron chi connectivity index (χ2n) is 6.04. The maximum Gasteiger partial charge on any atom is 0.433 e. The minimum atomic E-state index is -4.58. The minimum absolute atomic E-state index is 0.0352. The Morgan fingerprint density at radius 3 is 2.56 bits per heavy atom. The molecule has 0 unspecified atom stereocenters. The van der Waals surface area contributed by atoms with Gasteiger partial charge in [0.05, 0.1) is 5.75 Å². The first-order valence-electron chi connectivity index (χ1n) is 8.07. The van der Waals surface area contributed by atoms with Crippen LogP contribution in [-0.2, 0) is 11.9 Å². The first-order chi connectivity index (χ1) is 12.7. The molecule has 11 heteroatoms. The van der Waals surface area contributed by atoms with Gasteiger partial charge < -0.3 is 19.3 Å². The Morgan fingerprint density at radius 1 is 1.26 bits per heavy atom. The number of nitrogens with zero attached hydrogens (tertiary/aromatic N) is 4. The molecule has 0 bridgehead atoms. The van der Waals surface area contributed by atoms with Crippen LogP contribution in [0.3, 0.4) is 0 Å². The number of rotatable bonds is 5. The highest BCUT2D eigenvalue weighted by molar-refractivity contribution is 7.98. The third-order valence-corrected chi connectivity index (χ3v) is 4.90. The van der Waals surface area contributed by atoms with Gasteiger partial charge in [0.25, 0.3) is 0 Å². The number of aromatic nitrogens is 2. The van der Waals surface area contributed by atoms with Gasteiger partial charge in [0.15, 0.2) is 10.9 Å². The van der Waals surface area contributed by atoms with Gasteiger partial charge in [0.1, 0.15) is 11.6 Å². The van der Waals surface area contributed by atoms with Gasteiger partial charge in [-0.1, -0.05) is 11.8 Å². The maximum atomic E-state index is 13.2. The zero-order valence-electron chi connectivity index (χ0n) is 14.4. The molecule has 2 aromatic heterocycles. The predicted molar refractivity (Wildman–Crippen MR) is 92.0 cm³/mol. The van der Waals surface area contributed by atoms with Gasteiger partial charge in [0, 0.05) is 32.2 Å². The molecule has 1 aliphatic heterocycles. The van der Waals surface area contributed by atoms with Crippen molar-refractivity contribution < 1.29 is 27.5 Å². The van der Waals surface area contributed by atoms with Crippen molar-refractivity contribution in [1.82, 2.24) is 14.9 Å². The van der Waals surface area contributed by atoms with Crippen LogP contribution in [0.2, 0.25) is 0 Å². The molecule has 27 heavy (non-hydrogen) atoms. The van der Waals surface area contributed by atoms with E-state index in [2.05, 4.69) is 14.9 Å². The molecule has 0 atom stereocenters. The molecule has 1 fully saturated rings. The number of halogens is 3. The van der Waals surface area contributed by atoms with Gasteiger partial charge in [-0.05, 0) is 19.2 Å². The Labute approximate surface area is 157 Å². The molecule has 2 aromatic rings. The summed E-state index contributed by atoms with van der Waals surface area (Å²) in [5.41, 5.74) is -1.00. The largest absolute Gasteiger partial charge is 0.475 e. The number of piperazine rings is 1. The number of carboxylic acid groups (broad SMARTS) is 1. The van der Waals surface area contributed by atoms with Crippen LogP contribution in [0.4, 0.5) is 19.0 Å². The molecule has 3 heterocycles. The Bertz CT molecular complexity index is 819. The molecular weight excluding hydrogens is 385 g/mol. The molecule has 146 valence electrons. The molecule has 0 radical (unpaired) electrons. The van der Waals surface area contributed by atoms with Crippen molar-refractivity contribution in [2.75, 3.05) is 38.1 Å². The number of carboxylic acids is 1. The van der Waals surface area contributed by atoms with E-state index in [4.69, 9.17) is 9.52 Å². The molecule has 0 aliphatic carbocycles. The molecular formula is C16H17F3N4O3S. The average molecular weight is 402 g/mol. The lowest BCUT2D eigenvalue weighted by molar-refractivity contribution is -0.141. The zero-order chi connectivity index (χ0) is 19.6. The lowest BCUT2D eigenvalue weighted by Gasteiger charge is -2.33.